The van der Waals surface area contributed by atoms with Gasteiger partial charge in [-0.25, -0.2) is 4.39 Å². The number of anilines is 1. The van der Waals surface area contributed by atoms with Crippen molar-refractivity contribution in [3.05, 3.63) is 53.6 Å². The van der Waals surface area contributed by atoms with Crippen molar-refractivity contribution < 1.29 is 41.4 Å². The van der Waals surface area contributed by atoms with Crippen LogP contribution in [0.25, 0.3) is 0 Å². The van der Waals surface area contributed by atoms with Gasteiger partial charge in [0, 0.05) is 36.4 Å². The average Bonchev–Trinajstić information content (AvgIpc) is 3.18. The Balaban J connectivity index is 1.78. The smallest absolute Gasteiger partial charge is 0.417 e. The molecule has 4 atom stereocenters. The molecule has 1 aromatic heterocycles. The summed E-state index contributed by atoms with van der Waals surface area (Å²) in [6.45, 7) is 7.75. The minimum absolute atomic E-state index is 0.0170. The molecule has 1 aliphatic rings. The molecule has 3 rings (SSSR count). The zero-order valence-corrected chi connectivity index (χ0v) is 23.4. The van der Waals surface area contributed by atoms with E-state index < -0.39 is 47.3 Å². The van der Waals surface area contributed by atoms with Gasteiger partial charge in [0.2, 0.25) is 0 Å². The Morgan fingerprint density at radius 2 is 1.90 bits per heavy atom. The highest BCUT2D eigenvalue weighted by atomic mass is 19.4. The highest BCUT2D eigenvalue weighted by molar-refractivity contribution is 5.97. The molecule has 0 radical (unpaired) electrons. The number of alkyl halides is 3. The summed E-state index contributed by atoms with van der Waals surface area (Å²) in [4.78, 5) is 28.5. The van der Waals surface area contributed by atoms with Crippen molar-refractivity contribution in [3.63, 3.8) is 0 Å². The number of nitrogens with two attached hydrogens (primary N) is 1. The number of nitrogens with zero attached hydrogens (tertiary/aromatic N) is 1. The quantitative estimate of drug-likeness (QED) is 0.238. The van der Waals surface area contributed by atoms with Gasteiger partial charge in [-0.2, -0.15) is 13.2 Å². The van der Waals surface area contributed by atoms with E-state index in [9.17, 15) is 27.2 Å². The van der Waals surface area contributed by atoms with Crippen LogP contribution in [-0.2, 0) is 14.3 Å². The van der Waals surface area contributed by atoms with E-state index in [0.29, 0.717) is 12.6 Å². The number of halogens is 4. The number of nitrogens with one attached hydrogen (secondary N) is 2. The standard InChI is InChI=1S/C28H36F4N4O5/c1-16(2)34-9-5-11-39-12-13-40-22-14-18(6-7-20(22)29)23-17(3)27(4,28(30,31)32)41-24(23)26(38)36-19-8-10-35-21(15-19)25(33)37/h6-8,10,14-17,23-24,34H,5,9,11-13H2,1-4H3,(H2,33,37)(H,35,36,38)/t17-,23-,24+,27+/m0/s1. The van der Waals surface area contributed by atoms with E-state index in [1.165, 1.54) is 37.4 Å². The maximum Gasteiger partial charge on any atom is 0.417 e. The first-order chi connectivity index (χ1) is 19.2. The molecule has 1 saturated heterocycles. The number of rotatable bonds is 13. The normalized spacial score (nSPS) is 22.6. The van der Waals surface area contributed by atoms with Crippen molar-refractivity contribution in [2.24, 2.45) is 11.7 Å². The van der Waals surface area contributed by atoms with E-state index in [2.05, 4.69) is 15.6 Å². The number of carbonyl (C=O) groups is 2. The van der Waals surface area contributed by atoms with Crippen LogP contribution < -0.4 is 21.1 Å². The maximum atomic E-state index is 14.6. The van der Waals surface area contributed by atoms with Gasteiger partial charge in [0.05, 0.1) is 6.61 Å². The lowest BCUT2D eigenvalue weighted by atomic mass is 9.77. The average molecular weight is 585 g/mol. The van der Waals surface area contributed by atoms with Crippen LogP contribution in [0.1, 0.15) is 56.1 Å². The molecular weight excluding hydrogens is 548 g/mol. The lowest BCUT2D eigenvalue weighted by Gasteiger charge is -2.31. The lowest BCUT2D eigenvalue weighted by Crippen LogP contribution is -2.47. The molecule has 0 aliphatic carbocycles. The molecular formula is C28H36F4N4O5. The first-order valence-corrected chi connectivity index (χ1v) is 13.3. The minimum atomic E-state index is -4.81. The van der Waals surface area contributed by atoms with E-state index in [-0.39, 0.29) is 35.9 Å². The van der Waals surface area contributed by atoms with Crippen LogP contribution in [0.3, 0.4) is 0 Å². The monoisotopic (exact) mass is 584 g/mol. The molecule has 226 valence electrons. The maximum absolute atomic E-state index is 14.6. The number of pyridine rings is 1. The summed E-state index contributed by atoms with van der Waals surface area (Å²) < 4.78 is 73.6. The van der Waals surface area contributed by atoms with E-state index in [0.717, 1.165) is 26.0 Å². The fourth-order valence-electron chi connectivity index (χ4n) is 4.63. The van der Waals surface area contributed by atoms with Gasteiger partial charge in [0.15, 0.2) is 17.2 Å². The van der Waals surface area contributed by atoms with Crippen LogP contribution >= 0.6 is 0 Å². The van der Waals surface area contributed by atoms with Gasteiger partial charge in [-0.05, 0) is 49.7 Å². The lowest BCUT2D eigenvalue weighted by molar-refractivity contribution is -0.272. The second-order valence-electron chi connectivity index (χ2n) is 10.4. The van der Waals surface area contributed by atoms with Crippen molar-refractivity contribution >= 4 is 17.5 Å². The number of aromatic nitrogens is 1. The Labute approximate surface area is 236 Å². The fourth-order valence-corrected chi connectivity index (χ4v) is 4.63. The van der Waals surface area contributed by atoms with Crippen LogP contribution in [-0.4, -0.2) is 67.1 Å². The van der Waals surface area contributed by atoms with Gasteiger partial charge in [0.1, 0.15) is 18.4 Å². The topological polar surface area (TPSA) is 125 Å². The number of primary amides is 1. The third-order valence-corrected chi connectivity index (χ3v) is 7.05. The van der Waals surface area contributed by atoms with Crippen LogP contribution in [0, 0.1) is 11.7 Å². The van der Waals surface area contributed by atoms with Crippen LogP contribution in [0.4, 0.5) is 23.2 Å². The number of hydrogen-bond acceptors (Lipinski definition) is 7. The first-order valence-electron chi connectivity index (χ1n) is 13.3. The molecule has 1 fully saturated rings. The highest BCUT2D eigenvalue weighted by Crippen LogP contribution is 2.53. The third kappa shape index (κ3) is 7.92. The summed E-state index contributed by atoms with van der Waals surface area (Å²) in [6, 6.07) is 6.59. The van der Waals surface area contributed by atoms with Crippen molar-refractivity contribution in [1.29, 1.82) is 0 Å². The van der Waals surface area contributed by atoms with Gasteiger partial charge in [-0.3, -0.25) is 14.6 Å². The van der Waals surface area contributed by atoms with Gasteiger partial charge in [-0.1, -0.05) is 26.8 Å². The van der Waals surface area contributed by atoms with Gasteiger partial charge in [0.25, 0.3) is 11.8 Å². The largest absolute Gasteiger partial charge is 0.488 e. The van der Waals surface area contributed by atoms with Gasteiger partial charge < -0.3 is 30.6 Å². The van der Waals surface area contributed by atoms with Crippen molar-refractivity contribution in [1.82, 2.24) is 10.3 Å². The number of carbonyl (C=O) groups excluding carboxylic acids is 2. The Morgan fingerprint density at radius 1 is 1.17 bits per heavy atom. The summed E-state index contributed by atoms with van der Waals surface area (Å²) in [5, 5.41) is 5.74. The molecule has 13 heteroatoms. The van der Waals surface area contributed by atoms with Crippen LogP contribution in [0.2, 0.25) is 0 Å². The molecule has 2 heterocycles. The fraction of sp³-hybridized carbons (Fsp3) is 0.536. The SMILES string of the molecule is CC(C)NCCCOCCOc1cc([C@H]2[C@H](C(=O)Nc3ccnc(C(N)=O)c3)O[C@@](C)(C(F)(F)F)[C@H]2C)ccc1F. The molecule has 0 bridgehead atoms. The zero-order valence-electron chi connectivity index (χ0n) is 23.4. The van der Waals surface area contributed by atoms with E-state index in [4.69, 9.17) is 19.9 Å². The van der Waals surface area contributed by atoms with Crippen molar-refractivity contribution in [2.45, 2.75) is 64.0 Å². The minimum Gasteiger partial charge on any atom is -0.488 e. The molecule has 41 heavy (non-hydrogen) atoms. The molecule has 0 saturated carbocycles. The first kappa shape index (κ1) is 32.2. The van der Waals surface area contributed by atoms with E-state index >= 15 is 0 Å². The molecule has 0 unspecified atom stereocenters. The van der Waals surface area contributed by atoms with Crippen molar-refractivity contribution in [3.8, 4) is 5.75 Å². The number of ether oxygens (including phenoxy) is 3. The molecule has 2 amide bonds. The molecule has 4 N–H and O–H groups in total. The Hall–Kier alpha value is -3.29. The summed E-state index contributed by atoms with van der Waals surface area (Å²) in [7, 11) is 0. The summed E-state index contributed by atoms with van der Waals surface area (Å²) >= 11 is 0. The second kappa shape index (κ2) is 13.6. The summed E-state index contributed by atoms with van der Waals surface area (Å²) in [5.74, 6) is -4.98. The summed E-state index contributed by atoms with van der Waals surface area (Å²) in [5.41, 5.74) is 2.73. The predicted molar refractivity (Wildman–Crippen MR) is 143 cm³/mol. The number of benzene rings is 1. The second-order valence-corrected chi connectivity index (χ2v) is 10.4. The van der Waals surface area contributed by atoms with Gasteiger partial charge in [-0.15, -0.1) is 0 Å². The third-order valence-electron chi connectivity index (χ3n) is 7.05. The molecule has 1 aromatic carbocycles. The van der Waals surface area contributed by atoms with Crippen LogP contribution in [0.5, 0.6) is 5.75 Å². The molecule has 1 aliphatic heterocycles. The van der Waals surface area contributed by atoms with E-state index in [1.807, 2.05) is 13.8 Å². The Bertz CT molecular complexity index is 1210. The predicted octanol–water partition coefficient (Wildman–Crippen LogP) is 4.18. The van der Waals surface area contributed by atoms with Crippen LogP contribution in [0.15, 0.2) is 36.5 Å². The number of hydrogen-bond donors (Lipinski definition) is 3. The Kier molecular flexibility index (Phi) is 10.7. The van der Waals surface area contributed by atoms with Gasteiger partial charge >= 0.3 is 6.18 Å². The molecule has 0 spiro atoms. The molecule has 2 aromatic rings. The number of amides is 2. The van der Waals surface area contributed by atoms with Crippen molar-refractivity contribution in [2.75, 3.05) is 31.7 Å². The molecule has 9 nitrogen and oxygen atoms in total. The highest BCUT2D eigenvalue weighted by Gasteiger charge is 2.65. The zero-order chi connectivity index (χ0) is 30.4. The Morgan fingerprint density at radius 3 is 2.56 bits per heavy atom. The summed E-state index contributed by atoms with van der Waals surface area (Å²) in [6.07, 6.45) is -4.41. The van der Waals surface area contributed by atoms with E-state index in [1.54, 1.807) is 0 Å².